The number of hydrogen-bond donors (Lipinski definition) is 2. The highest BCUT2D eigenvalue weighted by Crippen LogP contribution is 2.20. The van der Waals surface area contributed by atoms with Crippen LogP contribution in [-0.2, 0) is 30.0 Å². The second kappa shape index (κ2) is 5.78. The van der Waals surface area contributed by atoms with Crippen molar-refractivity contribution in [2.24, 2.45) is 12.8 Å². The number of aryl methyl sites for hydroxylation is 1. The zero-order valence-corrected chi connectivity index (χ0v) is 12.0. The van der Waals surface area contributed by atoms with Gasteiger partial charge in [-0.25, -0.2) is 18.1 Å². The molecule has 0 aliphatic carbocycles. The molecule has 0 spiro atoms. The van der Waals surface area contributed by atoms with E-state index in [1.54, 1.807) is 30.2 Å². The maximum atomic E-state index is 12.0. The van der Waals surface area contributed by atoms with E-state index in [4.69, 9.17) is 5.73 Å². The van der Waals surface area contributed by atoms with Gasteiger partial charge in [0.05, 0.1) is 0 Å². The summed E-state index contributed by atoms with van der Waals surface area (Å²) in [4.78, 5) is 4.87. The molecule has 2 aromatic rings. The summed E-state index contributed by atoms with van der Waals surface area (Å²) in [6.45, 7) is 0.611. The topological polar surface area (TPSA) is 103 Å². The minimum absolute atomic E-state index is 0.266. The quantitative estimate of drug-likeness (QED) is 0.773. The standard InChI is InChI=1S/C10H15N5O2S2/c1-15-7-12-9(14-15)4-5-13-19(16,17)10-3-2-8(6-11)18-10/h2-3,7,13H,4-6,11H2,1H3. The van der Waals surface area contributed by atoms with E-state index in [1.165, 1.54) is 11.3 Å². The average Bonchev–Trinajstić information content (AvgIpc) is 2.98. The van der Waals surface area contributed by atoms with Gasteiger partial charge in [-0.2, -0.15) is 5.10 Å². The van der Waals surface area contributed by atoms with Crippen molar-refractivity contribution in [3.63, 3.8) is 0 Å². The number of aromatic nitrogens is 3. The highest BCUT2D eigenvalue weighted by molar-refractivity contribution is 7.91. The Labute approximate surface area is 115 Å². The average molecular weight is 301 g/mol. The largest absolute Gasteiger partial charge is 0.326 e. The predicted molar refractivity (Wildman–Crippen MR) is 72.1 cm³/mol. The first-order valence-electron chi connectivity index (χ1n) is 5.64. The van der Waals surface area contributed by atoms with E-state index in [1.807, 2.05) is 0 Å². The summed E-state index contributed by atoms with van der Waals surface area (Å²) >= 11 is 1.18. The lowest BCUT2D eigenvalue weighted by atomic mass is 10.4. The molecule has 0 unspecified atom stereocenters. The Morgan fingerprint density at radius 1 is 1.47 bits per heavy atom. The van der Waals surface area contributed by atoms with Crippen LogP contribution >= 0.6 is 11.3 Å². The SMILES string of the molecule is Cn1cnc(CCNS(=O)(=O)c2ccc(CN)s2)n1. The van der Waals surface area contributed by atoms with E-state index in [9.17, 15) is 8.42 Å². The number of thiophene rings is 1. The normalized spacial score (nSPS) is 11.9. The van der Waals surface area contributed by atoms with Crippen molar-refractivity contribution in [2.45, 2.75) is 17.2 Å². The molecule has 0 atom stereocenters. The van der Waals surface area contributed by atoms with Crippen molar-refractivity contribution < 1.29 is 8.42 Å². The molecule has 0 aromatic carbocycles. The Balaban J connectivity index is 1.94. The maximum absolute atomic E-state index is 12.0. The first-order valence-corrected chi connectivity index (χ1v) is 7.94. The highest BCUT2D eigenvalue weighted by atomic mass is 32.2. The van der Waals surface area contributed by atoms with Crippen LogP contribution in [-0.4, -0.2) is 29.7 Å². The first kappa shape index (κ1) is 14.1. The predicted octanol–water partition coefficient (Wildman–Crippen LogP) is -0.144. The number of nitrogens with two attached hydrogens (primary N) is 1. The molecular weight excluding hydrogens is 286 g/mol. The third-order valence-electron chi connectivity index (χ3n) is 2.39. The van der Waals surface area contributed by atoms with Crippen LogP contribution in [0.15, 0.2) is 22.7 Å². The highest BCUT2D eigenvalue weighted by Gasteiger charge is 2.16. The summed E-state index contributed by atoms with van der Waals surface area (Å²) in [6.07, 6.45) is 2.03. The molecule has 0 saturated heterocycles. The van der Waals surface area contributed by atoms with E-state index in [-0.39, 0.29) is 10.8 Å². The van der Waals surface area contributed by atoms with Gasteiger partial charge in [0.2, 0.25) is 10.0 Å². The van der Waals surface area contributed by atoms with Crippen LogP contribution in [0.25, 0.3) is 0 Å². The Morgan fingerprint density at radius 2 is 2.26 bits per heavy atom. The van der Waals surface area contributed by atoms with Crippen LogP contribution in [0.2, 0.25) is 0 Å². The van der Waals surface area contributed by atoms with E-state index in [0.29, 0.717) is 18.8 Å². The van der Waals surface area contributed by atoms with E-state index in [0.717, 1.165) is 4.88 Å². The number of hydrogen-bond acceptors (Lipinski definition) is 6. The van der Waals surface area contributed by atoms with Gasteiger partial charge in [0.1, 0.15) is 10.5 Å². The molecule has 104 valence electrons. The number of nitrogens with zero attached hydrogens (tertiary/aromatic N) is 3. The molecule has 0 radical (unpaired) electrons. The molecule has 2 heterocycles. The fourth-order valence-electron chi connectivity index (χ4n) is 1.48. The fourth-order valence-corrected chi connectivity index (χ4v) is 3.79. The van der Waals surface area contributed by atoms with Gasteiger partial charge in [0.15, 0.2) is 5.82 Å². The van der Waals surface area contributed by atoms with Gasteiger partial charge in [-0.15, -0.1) is 11.3 Å². The lowest BCUT2D eigenvalue weighted by Crippen LogP contribution is -2.25. The zero-order valence-electron chi connectivity index (χ0n) is 10.4. The van der Waals surface area contributed by atoms with Crippen molar-refractivity contribution in [1.82, 2.24) is 19.5 Å². The first-order chi connectivity index (χ1) is 9.01. The zero-order chi connectivity index (χ0) is 13.9. The minimum Gasteiger partial charge on any atom is -0.326 e. The number of sulfonamides is 1. The minimum atomic E-state index is -3.46. The van der Waals surface area contributed by atoms with Gasteiger partial charge >= 0.3 is 0 Å². The van der Waals surface area contributed by atoms with Crippen LogP contribution < -0.4 is 10.5 Å². The number of nitrogens with one attached hydrogen (secondary N) is 1. The smallest absolute Gasteiger partial charge is 0.250 e. The molecule has 0 bridgehead atoms. The third kappa shape index (κ3) is 3.60. The summed E-state index contributed by atoms with van der Waals surface area (Å²) in [6, 6.07) is 3.29. The van der Waals surface area contributed by atoms with Crippen LogP contribution in [0, 0.1) is 0 Å². The van der Waals surface area contributed by atoms with Crippen molar-refractivity contribution >= 4 is 21.4 Å². The monoisotopic (exact) mass is 301 g/mol. The van der Waals surface area contributed by atoms with Gasteiger partial charge < -0.3 is 5.73 Å². The summed E-state index contributed by atoms with van der Waals surface area (Å²) in [7, 11) is -1.70. The second-order valence-corrected chi connectivity index (χ2v) is 7.07. The number of rotatable bonds is 6. The molecule has 7 nitrogen and oxygen atoms in total. The molecule has 0 fully saturated rings. The molecule has 9 heteroatoms. The molecule has 0 saturated carbocycles. The van der Waals surface area contributed by atoms with Crippen LogP contribution in [0.1, 0.15) is 10.7 Å². The van der Waals surface area contributed by atoms with Gasteiger partial charge in [-0.05, 0) is 12.1 Å². The Bertz CT molecular complexity index is 646. The van der Waals surface area contributed by atoms with Crippen LogP contribution in [0.5, 0.6) is 0 Å². The van der Waals surface area contributed by atoms with Gasteiger partial charge in [-0.3, -0.25) is 4.68 Å². The molecule has 0 aliphatic rings. The summed E-state index contributed by atoms with van der Waals surface area (Å²) in [5, 5.41) is 4.08. The van der Waals surface area contributed by atoms with Crippen LogP contribution in [0.3, 0.4) is 0 Å². The van der Waals surface area contributed by atoms with Gasteiger partial charge in [0.25, 0.3) is 0 Å². The Kier molecular flexibility index (Phi) is 4.30. The lowest BCUT2D eigenvalue weighted by molar-refractivity contribution is 0.582. The molecule has 0 aliphatic heterocycles. The Morgan fingerprint density at radius 3 is 2.84 bits per heavy atom. The molecule has 2 rings (SSSR count). The third-order valence-corrected chi connectivity index (χ3v) is 5.45. The van der Waals surface area contributed by atoms with E-state index < -0.39 is 10.0 Å². The summed E-state index contributed by atoms with van der Waals surface area (Å²) in [5.74, 6) is 0.610. The van der Waals surface area contributed by atoms with E-state index >= 15 is 0 Å². The van der Waals surface area contributed by atoms with Crippen molar-refractivity contribution in [2.75, 3.05) is 6.54 Å². The van der Waals surface area contributed by atoms with Crippen LogP contribution in [0.4, 0.5) is 0 Å². The molecular formula is C10H15N5O2S2. The van der Waals surface area contributed by atoms with Crippen molar-refractivity contribution in [1.29, 1.82) is 0 Å². The van der Waals surface area contributed by atoms with E-state index in [2.05, 4.69) is 14.8 Å². The molecule has 0 amide bonds. The summed E-state index contributed by atoms with van der Waals surface area (Å²) < 4.78 is 28.3. The summed E-state index contributed by atoms with van der Waals surface area (Å²) in [5.41, 5.74) is 5.46. The van der Waals surface area contributed by atoms with Crippen molar-refractivity contribution in [3.05, 3.63) is 29.2 Å². The maximum Gasteiger partial charge on any atom is 0.250 e. The van der Waals surface area contributed by atoms with Gasteiger partial charge in [0, 0.05) is 31.4 Å². The fraction of sp³-hybridized carbons (Fsp3) is 0.400. The molecule has 2 aromatic heterocycles. The molecule has 19 heavy (non-hydrogen) atoms. The molecule has 3 N–H and O–H groups in total. The second-order valence-electron chi connectivity index (χ2n) is 3.91. The van der Waals surface area contributed by atoms with Gasteiger partial charge in [-0.1, -0.05) is 0 Å². The lowest BCUT2D eigenvalue weighted by Gasteiger charge is -2.02. The Hall–Kier alpha value is -1.29. The van der Waals surface area contributed by atoms with Crippen molar-refractivity contribution in [3.8, 4) is 0 Å².